The first-order valence-corrected chi connectivity index (χ1v) is 7.88. The zero-order chi connectivity index (χ0) is 16.8. The van der Waals surface area contributed by atoms with E-state index in [1.165, 1.54) is 12.1 Å². The van der Waals surface area contributed by atoms with Crippen LogP contribution in [0.3, 0.4) is 0 Å². The van der Waals surface area contributed by atoms with Gasteiger partial charge in [0.25, 0.3) is 0 Å². The first-order chi connectivity index (χ1) is 11.7. The van der Waals surface area contributed by atoms with E-state index in [0.29, 0.717) is 38.6 Å². The van der Waals surface area contributed by atoms with E-state index in [-0.39, 0.29) is 17.8 Å². The van der Waals surface area contributed by atoms with Crippen molar-refractivity contribution in [2.45, 2.75) is 12.5 Å². The molecule has 1 aromatic carbocycles. The molecule has 0 saturated carbocycles. The molecule has 1 unspecified atom stereocenters. The fourth-order valence-electron chi connectivity index (χ4n) is 2.58. The van der Waals surface area contributed by atoms with E-state index in [1.54, 1.807) is 35.5 Å². The van der Waals surface area contributed by atoms with Gasteiger partial charge in [0.05, 0.1) is 13.2 Å². The molecular weight excluding hydrogens is 311 g/mol. The molecule has 126 valence electrons. The normalized spacial score (nSPS) is 17.5. The molecule has 0 aliphatic carbocycles. The van der Waals surface area contributed by atoms with E-state index in [2.05, 4.69) is 15.3 Å². The Morgan fingerprint density at radius 3 is 2.79 bits per heavy atom. The highest BCUT2D eigenvalue weighted by molar-refractivity contribution is 5.76. The van der Waals surface area contributed by atoms with Crippen molar-refractivity contribution < 1.29 is 13.9 Å². The molecule has 1 aliphatic heterocycles. The summed E-state index contributed by atoms with van der Waals surface area (Å²) in [6, 6.07) is 7.94. The van der Waals surface area contributed by atoms with Gasteiger partial charge in [0, 0.05) is 31.9 Å². The Labute approximate surface area is 139 Å². The highest BCUT2D eigenvalue weighted by Gasteiger charge is 2.25. The van der Waals surface area contributed by atoms with Crippen LogP contribution in [0.2, 0.25) is 0 Å². The van der Waals surface area contributed by atoms with Crippen molar-refractivity contribution in [1.29, 1.82) is 0 Å². The molecule has 7 heteroatoms. The minimum Gasteiger partial charge on any atom is -0.370 e. The summed E-state index contributed by atoms with van der Waals surface area (Å²) >= 11 is 0. The summed E-state index contributed by atoms with van der Waals surface area (Å²) < 4.78 is 18.7. The van der Waals surface area contributed by atoms with Gasteiger partial charge in [-0.1, -0.05) is 12.1 Å². The van der Waals surface area contributed by atoms with Crippen LogP contribution in [-0.4, -0.2) is 47.0 Å². The van der Waals surface area contributed by atoms with E-state index in [0.717, 1.165) is 5.56 Å². The molecule has 1 aliphatic rings. The maximum atomic E-state index is 13.0. The fourth-order valence-corrected chi connectivity index (χ4v) is 2.58. The van der Waals surface area contributed by atoms with Crippen LogP contribution >= 0.6 is 0 Å². The molecule has 1 aromatic heterocycles. The number of carbonyl (C=O) groups excluding carboxylic acids is 1. The van der Waals surface area contributed by atoms with Crippen LogP contribution < -0.4 is 5.32 Å². The number of aromatic nitrogens is 2. The zero-order valence-electron chi connectivity index (χ0n) is 13.2. The molecule has 1 saturated heterocycles. The predicted octanol–water partition coefficient (Wildman–Crippen LogP) is 2.02. The fraction of sp³-hybridized carbons (Fsp3) is 0.353. The van der Waals surface area contributed by atoms with Gasteiger partial charge in [-0.2, -0.15) is 0 Å². The molecule has 0 radical (unpaired) electrons. The first-order valence-electron chi connectivity index (χ1n) is 7.88. The molecule has 2 heterocycles. The van der Waals surface area contributed by atoms with Crippen molar-refractivity contribution in [2.75, 3.05) is 31.6 Å². The second-order valence-electron chi connectivity index (χ2n) is 5.50. The Kier molecular flexibility index (Phi) is 5.32. The van der Waals surface area contributed by atoms with Crippen LogP contribution in [0.1, 0.15) is 18.1 Å². The van der Waals surface area contributed by atoms with Gasteiger partial charge in [-0.05, 0) is 23.8 Å². The van der Waals surface area contributed by atoms with Crippen molar-refractivity contribution in [2.24, 2.45) is 0 Å². The predicted molar refractivity (Wildman–Crippen MR) is 86.8 cm³/mol. The van der Waals surface area contributed by atoms with Gasteiger partial charge in [0.1, 0.15) is 11.9 Å². The molecule has 1 fully saturated rings. The van der Waals surface area contributed by atoms with Crippen molar-refractivity contribution in [3.8, 4) is 0 Å². The summed E-state index contributed by atoms with van der Waals surface area (Å²) in [6.07, 6.45) is 3.43. The average molecular weight is 330 g/mol. The van der Waals surface area contributed by atoms with E-state index < -0.39 is 0 Å². The highest BCUT2D eigenvalue weighted by atomic mass is 19.1. The number of ether oxygens (including phenoxy) is 1. The van der Waals surface area contributed by atoms with Gasteiger partial charge < -0.3 is 15.0 Å². The zero-order valence-corrected chi connectivity index (χ0v) is 13.2. The minimum absolute atomic E-state index is 0.0499. The van der Waals surface area contributed by atoms with Crippen LogP contribution in [-0.2, 0) is 9.53 Å². The van der Waals surface area contributed by atoms with Crippen LogP contribution in [0.15, 0.2) is 42.7 Å². The first kappa shape index (κ1) is 16.3. The second kappa shape index (κ2) is 7.83. The SMILES string of the molecule is O=C(CCNc1ncccn1)N1CCOC(c2ccc(F)cc2)C1. The van der Waals surface area contributed by atoms with Gasteiger partial charge in [0.2, 0.25) is 11.9 Å². The largest absolute Gasteiger partial charge is 0.370 e. The molecule has 0 bridgehead atoms. The Bertz CT molecular complexity index is 666. The monoisotopic (exact) mass is 330 g/mol. The van der Waals surface area contributed by atoms with Gasteiger partial charge >= 0.3 is 0 Å². The van der Waals surface area contributed by atoms with Gasteiger partial charge in [-0.15, -0.1) is 0 Å². The summed E-state index contributed by atoms with van der Waals surface area (Å²) in [5.74, 6) is 0.280. The van der Waals surface area contributed by atoms with E-state index >= 15 is 0 Å². The third kappa shape index (κ3) is 4.26. The number of nitrogens with zero attached hydrogens (tertiary/aromatic N) is 3. The topological polar surface area (TPSA) is 67.4 Å². The van der Waals surface area contributed by atoms with E-state index in [1.807, 2.05) is 0 Å². The molecule has 2 aromatic rings. The molecule has 1 atom stereocenters. The second-order valence-corrected chi connectivity index (χ2v) is 5.50. The van der Waals surface area contributed by atoms with Crippen LogP contribution in [0, 0.1) is 5.82 Å². The summed E-state index contributed by atoms with van der Waals surface area (Å²) in [5.41, 5.74) is 0.879. The summed E-state index contributed by atoms with van der Waals surface area (Å²) in [5, 5.41) is 3.02. The summed E-state index contributed by atoms with van der Waals surface area (Å²) in [6.45, 7) is 2.00. The standard InChI is InChI=1S/C17H19FN4O2/c18-14-4-2-13(3-5-14)15-12-22(10-11-24-15)16(23)6-9-21-17-19-7-1-8-20-17/h1-5,7-8,15H,6,9-12H2,(H,19,20,21). The number of amides is 1. The maximum Gasteiger partial charge on any atom is 0.224 e. The van der Waals surface area contributed by atoms with Gasteiger partial charge in [-0.3, -0.25) is 4.79 Å². The smallest absolute Gasteiger partial charge is 0.224 e. The molecule has 24 heavy (non-hydrogen) atoms. The summed E-state index contributed by atoms with van der Waals surface area (Å²) in [7, 11) is 0. The number of nitrogens with one attached hydrogen (secondary N) is 1. The van der Waals surface area contributed by atoms with Gasteiger partial charge in [0.15, 0.2) is 0 Å². The van der Waals surface area contributed by atoms with Crippen LogP contribution in [0.5, 0.6) is 0 Å². The number of halogens is 1. The lowest BCUT2D eigenvalue weighted by Gasteiger charge is -2.33. The quantitative estimate of drug-likeness (QED) is 0.908. The molecule has 6 nitrogen and oxygen atoms in total. The Balaban J connectivity index is 1.50. The minimum atomic E-state index is -0.281. The van der Waals surface area contributed by atoms with E-state index in [9.17, 15) is 9.18 Å². The lowest BCUT2D eigenvalue weighted by molar-refractivity contribution is -0.138. The Morgan fingerprint density at radius 2 is 2.04 bits per heavy atom. The molecule has 1 amide bonds. The average Bonchev–Trinajstić information content (AvgIpc) is 2.63. The Morgan fingerprint density at radius 1 is 1.29 bits per heavy atom. The van der Waals surface area contributed by atoms with Crippen molar-refractivity contribution in [1.82, 2.24) is 14.9 Å². The van der Waals surface area contributed by atoms with Crippen LogP contribution in [0.25, 0.3) is 0 Å². The van der Waals surface area contributed by atoms with Gasteiger partial charge in [-0.25, -0.2) is 14.4 Å². The van der Waals surface area contributed by atoms with Crippen molar-refractivity contribution in [3.05, 3.63) is 54.1 Å². The lowest BCUT2D eigenvalue weighted by Crippen LogP contribution is -2.42. The molecule has 3 rings (SSSR count). The number of rotatable bonds is 5. The number of hydrogen-bond acceptors (Lipinski definition) is 5. The van der Waals surface area contributed by atoms with Crippen LogP contribution in [0.4, 0.5) is 10.3 Å². The maximum absolute atomic E-state index is 13.0. The number of carbonyl (C=O) groups is 1. The molecular formula is C17H19FN4O2. The number of benzene rings is 1. The Hall–Kier alpha value is -2.54. The number of morpholine rings is 1. The third-order valence-corrected chi connectivity index (χ3v) is 3.85. The molecule has 1 N–H and O–H groups in total. The molecule has 0 spiro atoms. The van der Waals surface area contributed by atoms with Crippen molar-refractivity contribution >= 4 is 11.9 Å². The lowest BCUT2D eigenvalue weighted by atomic mass is 10.1. The third-order valence-electron chi connectivity index (χ3n) is 3.85. The summed E-state index contributed by atoms with van der Waals surface area (Å²) in [4.78, 5) is 22.2. The van der Waals surface area contributed by atoms with E-state index in [4.69, 9.17) is 4.74 Å². The van der Waals surface area contributed by atoms with Crippen molar-refractivity contribution in [3.63, 3.8) is 0 Å². The number of anilines is 1. The number of hydrogen-bond donors (Lipinski definition) is 1. The highest BCUT2D eigenvalue weighted by Crippen LogP contribution is 2.22.